The molecule has 21 heavy (non-hydrogen) atoms. The summed E-state index contributed by atoms with van der Waals surface area (Å²) in [5.74, 6) is -0.382. The highest BCUT2D eigenvalue weighted by Crippen LogP contribution is 2.15. The number of fused-ring (bicyclic) bond motifs is 1. The molecule has 1 unspecified atom stereocenters. The number of carbonyl (C=O) groups excluding carboxylic acids is 2. The summed E-state index contributed by atoms with van der Waals surface area (Å²) in [6.07, 6.45) is 4.73. The summed E-state index contributed by atoms with van der Waals surface area (Å²) in [4.78, 5) is 31.7. The number of amides is 2. The summed E-state index contributed by atoms with van der Waals surface area (Å²) < 4.78 is 2.03. The van der Waals surface area contributed by atoms with E-state index in [1.54, 1.807) is 17.4 Å². The van der Waals surface area contributed by atoms with E-state index in [4.69, 9.17) is 0 Å². The zero-order valence-electron chi connectivity index (χ0n) is 11.9. The monoisotopic (exact) mass is 292 g/mol. The van der Waals surface area contributed by atoms with Crippen molar-refractivity contribution in [1.82, 2.24) is 19.4 Å². The highest BCUT2D eigenvalue weighted by atomic mass is 16.3. The van der Waals surface area contributed by atoms with Gasteiger partial charge in [0.1, 0.15) is 6.10 Å². The van der Waals surface area contributed by atoms with Crippen molar-refractivity contribution in [3.05, 3.63) is 18.2 Å². The third-order valence-electron chi connectivity index (χ3n) is 4.19. The largest absolute Gasteiger partial charge is 0.383 e. The molecule has 1 aromatic rings. The molecule has 3 heterocycles. The number of aliphatic hydroxyl groups is 1. The Morgan fingerprint density at radius 1 is 1.33 bits per heavy atom. The Labute approximate surface area is 123 Å². The van der Waals surface area contributed by atoms with Crippen molar-refractivity contribution in [2.24, 2.45) is 0 Å². The predicted octanol–water partition coefficient (Wildman–Crippen LogP) is -0.401. The first-order valence-corrected chi connectivity index (χ1v) is 7.39. The van der Waals surface area contributed by atoms with Crippen molar-refractivity contribution in [3.63, 3.8) is 0 Å². The lowest BCUT2D eigenvalue weighted by Crippen LogP contribution is -2.47. The Bertz CT molecular complexity index is 542. The fourth-order valence-electron chi connectivity index (χ4n) is 2.90. The Morgan fingerprint density at radius 3 is 3.05 bits per heavy atom. The number of hydrogen-bond acceptors (Lipinski definition) is 4. The minimum Gasteiger partial charge on any atom is -0.383 e. The van der Waals surface area contributed by atoms with Gasteiger partial charge in [-0.2, -0.15) is 0 Å². The van der Waals surface area contributed by atoms with Gasteiger partial charge in [-0.25, -0.2) is 4.98 Å². The lowest BCUT2D eigenvalue weighted by molar-refractivity contribution is -0.145. The molecule has 0 saturated carbocycles. The molecule has 2 aliphatic rings. The normalized spacial score (nSPS) is 22.9. The number of aliphatic hydroxyl groups excluding tert-OH is 1. The van der Waals surface area contributed by atoms with E-state index in [0.717, 1.165) is 25.1 Å². The van der Waals surface area contributed by atoms with Crippen LogP contribution in [0.5, 0.6) is 0 Å². The van der Waals surface area contributed by atoms with Gasteiger partial charge in [-0.1, -0.05) is 0 Å². The SMILES string of the molecule is O=C(CN1CCCCC(O)C1=O)N1CCn2cncc2C1. The molecule has 1 fully saturated rings. The summed E-state index contributed by atoms with van der Waals surface area (Å²) in [5.41, 5.74) is 1.01. The minimum absolute atomic E-state index is 0.0596. The second-order valence-electron chi connectivity index (χ2n) is 5.67. The fraction of sp³-hybridized carbons (Fsp3) is 0.643. The van der Waals surface area contributed by atoms with E-state index in [9.17, 15) is 14.7 Å². The minimum atomic E-state index is -0.955. The smallest absolute Gasteiger partial charge is 0.251 e. The molecule has 0 spiro atoms. The molecule has 3 rings (SSSR count). The molecule has 7 heteroatoms. The molecular formula is C14H20N4O3. The van der Waals surface area contributed by atoms with Crippen LogP contribution in [0.2, 0.25) is 0 Å². The zero-order valence-corrected chi connectivity index (χ0v) is 11.9. The first-order valence-electron chi connectivity index (χ1n) is 7.39. The summed E-state index contributed by atoms with van der Waals surface area (Å²) in [5, 5.41) is 9.73. The first-order chi connectivity index (χ1) is 10.1. The average molecular weight is 292 g/mol. The number of carbonyl (C=O) groups is 2. The van der Waals surface area contributed by atoms with Crippen LogP contribution >= 0.6 is 0 Å². The van der Waals surface area contributed by atoms with Crippen molar-refractivity contribution < 1.29 is 14.7 Å². The van der Waals surface area contributed by atoms with Crippen LogP contribution in [0.25, 0.3) is 0 Å². The molecule has 0 bridgehead atoms. The number of rotatable bonds is 2. The van der Waals surface area contributed by atoms with Gasteiger partial charge in [0.05, 0.1) is 25.1 Å². The molecule has 2 aliphatic heterocycles. The summed E-state index contributed by atoms with van der Waals surface area (Å²) in [6, 6.07) is 0. The third-order valence-corrected chi connectivity index (χ3v) is 4.19. The summed E-state index contributed by atoms with van der Waals surface area (Å²) >= 11 is 0. The highest BCUT2D eigenvalue weighted by molar-refractivity contribution is 5.87. The van der Waals surface area contributed by atoms with Crippen LogP contribution in [0.4, 0.5) is 0 Å². The second kappa shape index (κ2) is 5.85. The van der Waals surface area contributed by atoms with E-state index in [1.807, 2.05) is 4.57 Å². The van der Waals surface area contributed by atoms with Crippen molar-refractivity contribution >= 4 is 11.8 Å². The van der Waals surface area contributed by atoms with Crippen molar-refractivity contribution in [2.75, 3.05) is 19.6 Å². The Balaban J connectivity index is 1.62. The molecule has 7 nitrogen and oxygen atoms in total. The maximum absolute atomic E-state index is 12.4. The average Bonchev–Trinajstić information content (AvgIpc) is 2.90. The number of likely N-dealkylation sites (tertiary alicyclic amines) is 1. The van der Waals surface area contributed by atoms with Crippen LogP contribution in [0.15, 0.2) is 12.5 Å². The van der Waals surface area contributed by atoms with E-state index in [2.05, 4.69) is 4.98 Å². The van der Waals surface area contributed by atoms with E-state index in [1.165, 1.54) is 4.90 Å². The van der Waals surface area contributed by atoms with Gasteiger partial charge < -0.3 is 19.5 Å². The fourth-order valence-corrected chi connectivity index (χ4v) is 2.90. The number of nitrogens with zero attached hydrogens (tertiary/aromatic N) is 4. The van der Waals surface area contributed by atoms with Crippen LogP contribution in [0.3, 0.4) is 0 Å². The summed E-state index contributed by atoms with van der Waals surface area (Å²) in [7, 11) is 0. The lowest BCUT2D eigenvalue weighted by atomic mass is 10.2. The van der Waals surface area contributed by atoms with Crippen molar-refractivity contribution in [3.8, 4) is 0 Å². The molecule has 114 valence electrons. The molecular weight excluding hydrogens is 272 g/mol. The zero-order chi connectivity index (χ0) is 14.8. The van der Waals surface area contributed by atoms with E-state index in [0.29, 0.717) is 26.1 Å². The molecule has 1 aromatic heterocycles. The van der Waals surface area contributed by atoms with Crippen LogP contribution in [-0.2, 0) is 22.7 Å². The van der Waals surface area contributed by atoms with Gasteiger partial charge in [-0.05, 0) is 19.3 Å². The van der Waals surface area contributed by atoms with E-state index in [-0.39, 0.29) is 18.4 Å². The van der Waals surface area contributed by atoms with Gasteiger partial charge >= 0.3 is 0 Å². The van der Waals surface area contributed by atoms with Gasteiger partial charge in [0.15, 0.2) is 0 Å². The second-order valence-corrected chi connectivity index (χ2v) is 5.67. The van der Waals surface area contributed by atoms with E-state index < -0.39 is 6.10 Å². The maximum atomic E-state index is 12.4. The molecule has 1 saturated heterocycles. The maximum Gasteiger partial charge on any atom is 0.251 e. The molecule has 0 aliphatic carbocycles. The molecule has 1 atom stereocenters. The first kappa shape index (κ1) is 14.1. The van der Waals surface area contributed by atoms with Crippen LogP contribution < -0.4 is 0 Å². The van der Waals surface area contributed by atoms with E-state index >= 15 is 0 Å². The van der Waals surface area contributed by atoms with Crippen LogP contribution in [0, 0.1) is 0 Å². The highest BCUT2D eigenvalue weighted by Gasteiger charge is 2.29. The standard InChI is InChI=1S/C14H20N4O3/c19-12-3-1-2-4-17(14(12)21)9-13(20)16-5-6-18-10-15-7-11(18)8-16/h7,10,12,19H,1-6,8-9H2. The van der Waals surface area contributed by atoms with Gasteiger partial charge in [-0.15, -0.1) is 0 Å². The molecule has 0 radical (unpaired) electrons. The van der Waals surface area contributed by atoms with Gasteiger partial charge in [0, 0.05) is 25.8 Å². The van der Waals surface area contributed by atoms with Gasteiger partial charge in [0.2, 0.25) is 5.91 Å². The molecule has 1 N–H and O–H groups in total. The van der Waals surface area contributed by atoms with Crippen LogP contribution in [-0.4, -0.2) is 62.0 Å². The Kier molecular flexibility index (Phi) is 3.92. The Hall–Kier alpha value is -1.89. The van der Waals surface area contributed by atoms with Gasteiger partial charge in [0.25, 0.3) is 5.91 Å². The summed E-state index contributed by atoms with van der Waals surface area (Å²) in [6.45, 7) is 2.51. The van der Waals surface area contributed by atoms with Crippen molar-refractivity contribution in [2.45, 2.75) is 38.5 Å². The quantitative estimate of drug-likeness (QED) is 0.804. The predicted molar refractivity (Wildman–Crippen MR) is 74.1 cm³/mol. The number of hydrogen-bond donors (Lipinski definition) is 1. The topological polar surface area (TPSA) is 78.7 Å². The van der Waals surface area contributed by atoms with Crippen molar-refractivity contribution in [1.29, 1.82) is 0 Å². The van der Waals surface area contributed by atoms with Gasteiger partial charge in [-0.3, -0.25) is 9.59 Å². The Morgan fingerprint density at radius 2 is 2.19 bits per heavy atom. The number of imidazole rings is 1. The molecule has 2 amide bonds. The lowest BCUT2D eigenvalue weighted by Gasteiger charge is -2.30. The number of aromatic nitrogens is 2. The third kappa shape index (κ3) is 2.92. The molecule has 0 aromatic carbocycles. The van der Waals surface area contributed by atoms with Crippen LogP contribution in [0.1, 0.15) is 25.0 Å².